The minimum Gasteiger partial charge on any atom is -0.502 e. The van der Waals surface area contributed by atoms with Gasteiger partial charge in [-0.1, -0.05) is 0 Å². The zero-order valence-corrected chi connectivity index (χ0v) is 10.3. The van der Waals surface area contributed by atoms with Crippen molar-refractivity contribution >= 4 is 11.8 Å². The van der Waals surface area contributed by atoms with Crippen molar-refractivity contribution in [3.05, 3.63) is 65.6 Å². The normalized spacial score (nSPS) is 11.3. The van der Waals surface area contributed by atoms with Gasteiger partial charge in [0.25, 0.3) is 0 Å². The quantitative estimate of drug-likeness (QED) is 0.490. The number of furan rings is 1. The van der Waals surface area contributed by atoms with Crippen LogP contribution in [0, 0.1) is 0 Å². The highest BCUT2D eigenvalue weighted by atomic mass is 16.4. The molecule has 0 aromatic carbocycles. The summed E-state index contributed by atoms with van der Waals surface area (Å²) in [5.41, 5.74) is 1.76. The van der Waals surface area contributed by atoms with E-state index in [9.17, 15) is 9.59 Å². The lowest BCUT2D eigenvalue weighted by Gasteiger charge is -2.00. The minimum atomic E-state index is -1.56. The van der Waals surface area contributed by atoms with Gasteiger partial charge in [-0.2, -0.15) is 0 Å². The fourth-order valence-corrected chi connectivity index (χ4v) is 1.66. The van der Waals surface area contributed by atoms with E-state index in [1.54, 1.807) is 24.5 Å². The van der Waals surface area contributed by atoms with Gasteiger partial charge in [-0.05, 0) is 17.7 Å². The molecule has 0 saturated carbocycles. The van der Waals surface area contributed by atoms with E-state index in [1.807, 2.05) is 0 Å². The zero-order chi connectivity index (χ0) is 14.5. The van der Waals surface area contributed by atoms with Gasteiger partial charge in [0, 0.05) is 30.5 Å². The molecule has 2 aromatic rings. The fraction of sp³-hybridized carbons (Fsp3) is 0.0714. The number of ketones is 1. The van der Waals surface area contributed by atoms with Crippen LogP contribution in [0.4, 0.5) is 0 Å². The van der Waals surface area contributed by atoms with Crippen LogP contribution in [0.2, 0.25) is 0 Å². The Morgan fingerprint density at radius 3 is 2.55 bits per heavy atom. The monoisotopic (exact) mass is 273 g/mol. The molecule has 0 bridgehead atoms. The van der Waals surface area contributed by atoms with E-state index in [2.05, 4.69) is 4.98 Å². The molecule has 0 radical (unpaired) electrons. The Balaban J connectivity index is 2.23. The van der Waals surface area contributed by atoms with Crippen LogP contribution in [0.25, 0.3) is 0 Å². The summed E-state index contributed by atoms with van der Waals surface area (Å²) in [7, 11) is 0. The molecule has 2 N–H and O–H groups in total. The molecule has 0 saturated heterocycles. The standard InChI is InChI=1S/C14H11NO5/c16-12(6-13(17)14(18)19)11-8-20-7-10(11)5-9-1-3-15-4-2-9/h1-4,6-8,17H,5H2,(H,18,19). The second kappa shape index (κ2) is 5.83. The predicted molar refractivity (Wildman–Crippen MR) is 68.4 cm³/mol. The van der Waals surface area contributed by atoms with Crippen LogP contribution in [0.5, 0.6) is 0 Å². The summed E-state index contributed by atoms with van der Waals surface area (Å²) in [4.78, 5) is 26.2. The number of aliphatic carboxylic acids is 1. The third-order valence-electron chi connectivity index (χ3n) is 2.64. The lowest BCUT2D eigenvalue weighted by Crippen LogP contribution is -2.05. The Labute approximate surface area is 114 Å². The molecule has 0 spiro atoms. The van der Waals surface area contributed by atoms with E-state index in [-0.39, 0.29) is 5.56 Å². The van der Waals surface area contributed by atoms with Gasteiger partial charge in [0.1, 0.15) is 6.26 Å². The van der Waals surface area contributed by atoms with Crippen molar-refractivity contribution in [2.45, 2.75) is 6.42 Å². The molecular formula is C14H11NO5. The van der Waals surface area contributed by atoms with Gasteiger partial charge in [0.15, 0.2) is 5.78 Å². The Bertz CT molecular complexity index is 657. The van der Waals surface area contributed by atoms with Gasteiger partial charge in [-0.3, -0.25) is 9.78 Å². The first-order valence-corrected chi connectivity index (χ1v) is 5.70. The highest BCUT2D eigenvalue weighted by molar-refractivity contribution is 6.08. The Morgan fingerprint density at radius 2 is 1.90 bits per heavy atom. The van der Waals surface area contributed by atoms with Crippen molar-refractivity contribution in [1.82, 2.24) is 4.98 Å². The van der Waals surface area contributed by atoms with E-state index < -0.39 is 17.5 Å². The smallest absolute Gasteiger partial charge is 0.371 e. The molecule has 0 fully saturated rings. The number of pyridine rings is 1. The first kappa shape index (κ1) is 13.5. The van der Waals surface area contributed by atoms with Crippen molar-refractivity contribution in [2.24, 2.45) is 0 Å². The molecule has 0 aliphatic heterocycles. The molecule has 2 heterocycles. The summed E-state index contributed by atoms with van der Waals surface area (Å²) in [6, 6.07) is 3.59. The summed E-state index contributed by atoms with van der Waals surface area (Å²) in [6.07, 6.45) is 7.01. The minimum absolute atomic E-state index is 0.217. The number of carbonyl (C=O) groups excluding carboxylic acids is 1. The topological polar surface area (TPSA) is 101 Å². The molecule has 6 heteroatoms. The van der Waals surface area contributed by atoms with Crippen LogP contribution in [-0.4, -0.2) is 26.9 Å². The number of hydrogen-bond donors (Lipinski definition) is 2. The van der Waals surface area contributed by atoms with Gasteiger partial charge in [-0.15, -0.1) is 0 Å². The second-order valence-corrected chi connectivity index (χ2v) is 4.04. The molecule has 0 aliphatic rings. The third-order valence-corrected chi connectivity index (χ3v) is 2.64. The average Bonchev–Trinajstić information content (AvgIpc) is 2.88. The number of carboxylic acid groups (broad SMARTS) is 1. The average molecular weight is 273 g/mol. The lowest BCUT2D eigenvalue weighted by atomic mass is 10.0. The van der Waals surface area contributed by atoms with Crippen molar-refractivity contribution in [3.8, 4) is 0 Å². The Hall–Kier alpha value is -2.89. The highest BCUT2D eigenvalue weighted by Gasteiger charge is 2.15. The van der Waals surface area contributed by atoms with E-state index in [1.165, 1.54) is 12.5 Å². The first-order valence-electron chi connectivity index (χ1n) is 5.70. The summed E-state index contributed by atoms with van der Waals surface area (Å²) in [6.45, 7) is 0. The number of allylic oxidation sites excluding steroid dienone is 1. The molecule has 0 atom stereocenters. The molecule has 102 valence electrons. The molecule has 0 unspecified atom stereocenters. The van der Waals surface area contributed by atoms with Crippen molar-refractivity contribution in [3.63, 3.8) is 0 Å². The molecular weight excluding hydrogens is 262 g/mol. The first-order chi connectivity index (χ1) is 9.58. The number of rotatable bonds is 5. The Kier molecular flexibility index (Phi) is 3.95. The maximum absolute atomic E-state index is 11.9. The summed E-state index contributed by atoms with van der Waals surface area (Å²) in [5.74, 6) is -3.19. The summed E-state index contributed by atoms with van der Waals surface area (Å²) in [5, 5.41) is 17.6. The number of aliphatic hydroxyl groups is 1. The lowest BCUT2D eigenvalue weighted by molar-refractivity contribution is -0.135. The third kappa shape index (κ3) is 3.11. The van der Waals surface area contributed by atoms with E-state index in [0.717, 1.165) is 5.56 Å². The Morgan fingerprint density at radius 1 is 1.20 bits per heavy atom. The number of aromatic nitrogens is 1. The van der Waals surface area contributed by atoms with Crippen LogP contribution < -0.4 is 0 Å². The van der Waals surface area contributed by atoms with E-state index >= 15 is 0 Å². The number of nitrogens with zero attached hydrogens (tertiary/aromatic N) is 1. The zero-order valence-electron chi connectivity index (χ0n) is 10.3. The van der Waals surface area contributed by atoms with Gasteiger partial charge in [-0.25, -0.2) is 4.79 Å². The maximum atomic E-state index is 11.9. The second-order valence-electron chi connectivity index (χ2n) is 4.04. The van der Waals surface area contributed by atoms with Gasteiger partial charge < -0.3 is 14.6 Å². The van der Waals surface area contributed by atoms with Crippen LogP contribution in [0.1, 0.15) is 21.5 Å². The number of aliphatic hydroxyl groups excluding tert-OH is 1. The van der Waals surface area contributed by atoms with Crippen LogP contribution in [0.15, 0.2) is 53.3 Å². The van der Waals surface area contributed by atoms with Gasteiger partial charge in [0.05, 0.1) is 11.8 Å². The van der Waals surface area contributed by atoms with Crippen molar-refractivity contribution in [2.75, 3.05) is 0 Å². The fourth-order valence-electron chi connectivity index (χ4n) is 1.66. The number of carbonyl (C=O) groups is 2. The molecule has 2 rings (SSSR count). The predicted octanol–water partition coefficient (Wildman–Crippen LogP) is 1.97. The summed E-state index contributed by atoms with van der Waals surface area (Å²) >= 11 is 0. The maximum Gasteiger partial charge on any atom is 0.371 e. The van der Waals surface area contributed by atoms with E-state index in [0.29, 0.717) is 18.1 Å². The summed E-state index contributed by atoms with van der Waals surface area (Å²) < 4.78 is 4.99. The largest absolute Gasteiger partial charge is 0.502 e. The molecule has 0 aliphatic carbocycles. The number of carboxylic acids is 1. The molecule has 6 nitrogen and oxygen atoms in total. The highest BCUT2D eigenvalue weighted by Crippen LogP contribution is 2.17. The van der Waals surface area contributed by atoms with Gasteiger partial charge in [0.2, 0.25) is 5.76 Å². The van der Waals surface area contributed by atoms with Crippen LogP contribution >= 0.6 is 0 Å². The SMILES string of the molecule is O=C(O)C(O)=CC(=O)c1cocc1Cc1ccncc1. The van der Waals surface area contributed by atoms with Gasteiger partial charge >= 0.3 is 5.97 Å². The van der Waals surface area contributed by atoms with Crippen LogP contribution in [-0.2, 0) is 11.2 Å². The molecule has 20 heavy (non-hydrogen) atoms. The van der Waals surface area contributed by atoms with Crippen molar-refractivity contribution < 1.29 is 24.2 Å². The van der Waals surface area contributed by atoms with Crippen molar-refractivity contribution in [1.29, 1.82) is 0 Å². The van der Waals surface area contributed by atoms with E-state index in [4.69, 9.17) is 14.6 Å². The molecule has 2 aromatic heterocycles. The molecule has 0 amide bonds. The van der Waals surface area contributed by atoms with Crippen LogP contribution in [0.3, 0.4) is 0 Å². The number of hydrogen-bond acceptors (Lipinski definition) is 5.